The zero-order valence-electron chi connectivity index (χ0n) is 10.2. The summed E-state index contributed by atoms with van der Waals surface area (Å²) in [6, 6.07) is 0.272. The second-order valence-corrected chi connectivity index (χ2v) is 4.11. The molecule has 0 aromatic carbocycles. The van der Waals surface area contributed by atoms with Crippen LogP contribution in [0, 0.1) is 5.92 Å². The molecule has 1 heterocycles. The van der Waals surface area contributed by atoms with Crippen LogP contribution in [0.25, 0.3) is 0 Å². The van der Waals surface area contributed by atoms with Crippen LogP contribution in [0.1, 0.15) is 41.0 Å². The van der Waals surface area contributed by atoms with Gasteiger partial charge in [0.25, 0.3) is 0 Å². The minimum absolute atomic E-state index is 0.0617. The van der Waals surface area contributed by atoms with Gasteiger partial charge in [0, 0.05) is 18.6 Å². The van der Waals surface area contributed by atoms with Crippen LogP contribution in [-0.2, 0) is 0 Å². The molecule has 92 valence electrons. The Labute approximate surface area is 90.6 Å². The number of hydrogen-bond donors (Lipinski definition) is 0. The zero-order chi connectivity index (χ0) is 12.2. The summed E-state index contributed by atoms with van der Waals surface area (Å²) < 4.78 is 37.0. The zero-order valence-corrected chi connectivity index (χ0v) is 10.2. The number of nitrogens with zero attached hydrogens (tertiary/aromatic N) is 1. The first kappa shape index (κ1) is 14.8. The van der Waals surface area contributed by atoms with Crippen molar-refractivity contribution in [2.75, 3.05) is 6.54 Å². The van der Waals surface area contributed by atoms with E-state index in [0.29, 0.717) is 0 Å². The molecular formula is C11H22F3N. The highest BCUT2D eigenvalue weighted by Crippen LogP contribution is 2.36. The molecule has 1 fully saturated rings. The van der Waals surface area contributed by atoms with Crippen LogP contribution in [0.5, 0.6) is 0 Å². The van der Waals surface area contributed by atoms with E-state index in [4.69, 9.17) is 0 Å². The third-order valence-corrected chi connectivity index (χ3v) is 2.75. The van der Waals surface area contributed by atoms with Crippen LogP contribution in [0.4, 0.5) is 13.2 Å². The fourth-order valence-corrected chi connectivity index (χ4v) is 2.01. The van der Waals surface area contributed by atoms with E-state index in [1.54, 1.807) is 0 Å². The molecule has 4 heteroatoms. The predicted octanol–water partition coefficient (Wildman–Crippen LogP) is 3.69. The second-order valence-electron chi connectivity index (χ2n) is 4.11. The lowest BCUT2D eigenvalue weighted by Crippen LogP contribution is -2.35. The Morgan fingerprint density at radius 1 is 1.20 bits per heavy atom. The highest BCUT2D eigenvalue weighted by Gasteiger charge is 2.46. The van der Waals surface area contributed by atoms with Gasteiger partial charge in [-0.3, -0.25) is 4.90 Å². The Bertz CT molecular complexity index is 177. The van der Waals surface area contributed by atoms with E-state index in [9.17, 15) is 13.2 Å². The SMILES string of the molecule is CC.CC(C)N1CC(C(F)(F)F)CC1C. The summed E-state index contributed by atoms with van der Waals surface area (Å²) in [6.45, 7) is 9.92. The molecule has 0 aromatic heterocycles. The van der Waals surface area contributed by atoms with E-state index >= 15 is 0 Å². The summed E-state index contributed by atoms with van der Waals surface area (Å²) in [7, 11) is 0. The number of hydrogen-bond acceptors (Lipinski definition) is 1. The van der Waals surface area contributed by atoms with Gasteiger partial charge < -0.3 is 0 Å². The van der Waals surface area contributed by atoms with Crippen LogP contribution in [0.2, 0.25) is 0 Å². The van der Waals surface area contributed by atoms with Gasteiger partial charge in [-0.2, -0.15) is 13.2 Å². The maximum atomic E-state index is 12.3. The van der Waals surface area contributed by atoms with Crippen LogP contribution in [0.15, 0.2) is 0 Å². The molecular weight excluding hydrogens is 203 g/mol. The molecule has 0 N–H and O–H groups in total. The second kappa shape index (κ2) is 5.73. The third-order valence-electron chi connectivity index (χ3n) is 2.75. The highest BCUT2D eigenvalue weighted by atomic mass is 19.4. The van der Waals surface area contributed by atoms with Crippen LogP contribution < -0.4 is 0 Å². The average Bonchev–Trinajstić information content (AvgIpc) is 2.50. The van der Waals surface area contributed by atoms with Gasteiger partial charge in [0.15, 0.2) is 0 Å². The van der Waals surface area contributed by atoms with Crippen molar-refractivity contribution in [3.05, 3.63) is 0 Å². The fourth-order valence-electron chi connectivity index (χ4n) is 2.01. The van der Waals surface area contributed by atoms with Gasteiger partial charge in [-0.05, 0) is 27.2 Å². The van der Waals surface area contributed by atoms with Crippen molar-refractivity contribution in [1.29, 1.82) is 0 Å². The lowest BCUT2D eigenvalue weighted by molar-refractivity contribution is -0.170. The van der Waals surface area contributed by atoms with Crippen molar-refractivity contribution in [3.63, 3.8) is 0 Å². The normalized spacial score (nSPS) is 27.8. The van der Waals surface area contributed by atoms with E-state index in [-0.39, 0.29) is 25.0 Å². The Balaban J connectivity index is 0.000000921. The minimum atomic E-state index is -4.02. The summed E-state index contributed by atoms with van der Waals surface area (Å²) in [6.07, 6.45) is -3.76. The smallest absolute Gasteiger partial charge is 0.298 e. The molecule has 0 spiro atoms. The molecule has 15 heavy (non-hydrogen) atoms. The van der Waals surface area contributed by atoms with Gasteiger partial charge in [-0.1, -0.05) is 13.8 Å². The standard InChI is InChI=1S/C9H16F3N.C2H6/c1-6(2)13-5-8(4-7(13)3)9(10,11)12;1-2/h6-8H,4-5H2,1-3H3;1-2H3. The van der Waals surface area contributed by atoms with Crippen molar-refractivity contribution >= 4 is 0 Å². The predicted molar refractivity (Wildman–Crippen MR) is 56.8 cm³/mol. The minimum Gasteiger partial charge on any atom is -0.298 e. The van der Waals surface area contributed by atoms with Crippen molar-refractivity contribution in [1.82, 2.24) is 4.90 Å². The first-order valence-corrected chi connectivity index (χ1v) is 5.65. The quantitative estimate of drug-likeness (QED) is 0.657. The van der Waals surface area contributed by atoms with Gasteiger partial charge in [-0.25, -0.2) is 0 Å². The molecule has 0 bridgehead atoms. The molecule has 0 radical (unpaired) electrons. The number of halogens is 3. The summed E-state index contributed by atoms with van der Waals surface area (Å²) in [5.74, 6) is -1.12. The van der Waals surface area contributed by atoms with Gasteiger partial charge in [0.05, 0.1) is 5.92 Å². The largest absolute Gasteiger partial charge is 0.393 e. The summed E-state index contributed by atoms with van der Waals surface area (Å²) in [5, 5.41) is 0. The molecule has 1 aliphatic heterocycles. The monoisotopic (exact) mass is 225 g/mol. The van der Waals surface area contributed by atoms with Gasteiger partial charge >= 0.3 is 6.18 Å². The van der Waals surface area contributed by atoms with Crippen molar-refractivity contribution in [2.24, 2.45) is 5.92 Å². The van der Waals surface area contributed by atoms with E-state index < -0.39 is 12.1 Å². The lowest BCUT2D eigenvalue weighted by atomic mass is 10.1. The Hall–Kier alpha value is -0.250. The summed E-state index contributed by atoms with van der Waals surface area (Å²) in [5.41, 5.74) is 0. The molecule has 1 nitrogen and oxygen atoms in total. The Kier molecular flexibility index (Phi) is 5.63. The van der Waals surface area contributed by atoms with E-state index in [2.05, 4.69) is 0 Å². The molecule has 0 aromatic rings. The molecule has 1 aliphatic rings. The maximum absolute atomic E-state index is 12.3. The highest BCUT2D eigenvalue weighted by molar-refractivity contribution is 4.87. The Morgan fingerprint density at radius 2 is 1.67 bits per heavy atom. The van der Waals surface area contributed by atoms with Crippen LogP contribution in [0.3, 0.4) is 0 Å². The number of alkyl halides is 3. The Morgan fingerprint density at radius 3 is 1.87 bits per heavy atom. The van der Waals surface area contributed by atoms with E-state index in [1.165, 1.54) is 0 Å². The molecule has 2 unspecified atom stereocenters. The van der Waals surface area contributed by atoms with Gasteiger partial charge in [0.2, 0.25) is 0 Å². The van der Waals surface area contributed by atoms with Gasteiger partial charge in [0.1, 0.15) is 0 Å². The van der Waals surface area contributed by atoms with Crippen molar-refractivity contribution in [2.45, 2.75) is 59.3 Å². The third kappa shape index (κ3) is 4.01. The fraction of sp³-hybridized carbons (Fsp3) is 1.00. The molecule has 0 amide bonds. The van der Waals surface area contributed by atoms with Gasteiger partial charge in [-0.15, -0.1) is 0 Å². The molecule has 0 saturated carbocycles. The first-order chi connectivity index (χ1) is 6.82. The van der Waals surface area contributed by atoms with E-state index in [0.717, 1.165) is 0 Å². The number of rotatable bonds is 1. The molecule has 0 aliphatic carbocycles. The molecule has 2 atom stereocenters. The van der Waals surface area contributed by atoms with Crippen LogP contribution in [-0.4, -0.2) is 29.7 Å². The van der Waals surface area contributed by atoms with E-state index in [1.807, 2.05) is 39.5 Å². The average molecular weight is 225 g/mol. The first-order valence-electron chi connectivity index (χ1n) is 5.65. The van der Waals surface area contributed by atoms with Crippen LogP contribution >= 0.6 is 0 Å². The molecule has 1 saturated heterocycles. The number of likely N-dealkylation sites (tertiary alicyclic amines) is 1. The topological polar surface area (TPSA) is 3.24 Å². The van der Waals surface area contributed by atoms with Crippen molar-refractivity contribution in [3.8, 4) is 0 Å². The summed E-state index contributed by atoms with van der Waals surface area (Å²) in [4.78, 5) is 1.91. The lowest BCUT2D eigenvalue weighted by Gasteiger charge is -2.25. The van der Waals surface area contributed by atoms with Crippen molar-refractivity contribution < 1.29 is 13.2 Å². The summed E-state index contributed by atoms with van der Waals surface area (Å²) >= 11 is 0. The molecule has 1 rings (SSSR count). The maximum Gasteiger partial charge on any atom is 0.393 e.